The van der Waals surface area contributed by atoms with E-state index in [2.05, 4.69) is 21.2 Å². The van der Waals surface area contributed by atoms with Crippen LogP contribution < -0.4 is 5.32 Å². The summed E-state index contributed by atoms with van der Waals surface area (Å²) in [6.45, 7) is 2.14. The first-order chi connectivity index (χ1) is 8.66. The fourth-order valence-corrected chi connectivity index (χ4v) is 2.17. The zero-order valence-corrected chi connectivity index (χ0v) is 11.5. The van der Waals surface area contributed by atoms with Crippen molar-refractivity contribution in [1.82, 2.24) is 5.32 Å². The Morgan fingerprint density at radius 1 is 1.44 bits per heavy atom. The van der Waals surface area contributed by atoms with Crippen molar-refractivity contribution in [3.05, 3.63) is 34.1 Å². The summed E-state index contributed by atoms with van der Waals surface area (Å²) in [6, 6.07) is 4.38. The first-order valence-corrected chi connectivity index (χ1v) is 6.77. The molecule has 0 aliphatic carbocycles. The Morgan fingerprint density at radius 2 is 2.17 bits per heavy atom. The second-order valence-electron chi connectivity index (χ2n) is 4.39. The van der Waals surface area contributed by atoms with Gasteiger partial charge in [-0.3, -0.25) is 4.79 Å². The third-order valence-corrected chi connectivity index (χ3v) is 3.72. The molecule has 1 N–H and O–H groups in total. The van der Waals surface area contributed by atoms with Crippen molar-refractivity contribution in [2.24, 2.45) is 5.92 Å². The van der Waals surface area contributed by atoms with E-state index in [0.29, 0.717) is 22.5 Å². The van der Waals surface area contributed by atoms with Crippen molar-refractivity contribution >= 4 is 21.8 Å². The molecule has 1 saturated heterocycles. The number of carbonyl (C=O) groups excluding carboxylic acids is 1. The van der Waals surface area contributed by atoms with Crippen LogP contribution >= 0.6 is 15.9 Å². The molecule has 1 aliphatic rings. The maximum atomic E-state index is 13.3. The van der Waals surface area contributed by atoms with Crippen molar-refractivity contribution in [3.63, 3.8) is 0 Å². The monoisotopic (exact) mass is 315 g/mol. The maximum Gasteiger partial charge on any atom is 0.251 e. The van der Waals surface area contributed by atoms with Gasteiger partial charge in [0.25, 0.3) is 5.91 Å². The fraction of sp³-hybridized carbons (Fsp3) is 0.462. The largest absolute Gasteiger partial charge is 0.381 e. The van der Waals surface area contributed by atoms with Gasteiger partial charge in [0.05, 0.1) is 4.47 Å². The molecule has 18 heavy (non-hydrogen) atoms. The minimum atomic E-state index is -0.422. The van der Waals surface area contributed by atoms with Crippen LogP contribution in [0.25, 0.3) is 0 Å². The number of carbonyl (C=O) groups is 1. The van der Waals surface area contributed by atoms with Crippen LogP contribution in [-0.2, 0) is 4.74 Å². The number of rotatable bonds is 3. The number of hydrogen-bond donors (Lipinski definition) is 1. The number of halogens is 2. The summed E-state index contributed by atoms with van der Waals surface area (Å²) < 4.78 is 18.9. The topological polar surface area (TPSA) is 38.3 Å². The summed E-state index contributed by atoms with van der Waals surface area (Å²) in [7, 11) is 0. The number of amides is 1. The first-order valence-electron chi connectivity index (χ1n) is 5.98. The highest BCUT2D eigenvalue weighted by molar-refractivity contribution is 9.10. The average Bonchev–Trinajstić information content (AvgIpc) is 2.40. The summed E-state index contributed by atoms with van der Waals surface area (Å²) in [5.74, 6) is -0.190. The van der Waals surface area contributed by atoms with Crippen LogP contribution in [0.1, 0.15) is 23.2 Å². The lowest BCUT2D eigenvalue weighted by atomic mass is 10.0. The lowest BCUT2D eigenvalue weighted by Crippen LogP contribution is -2.32. The van der Waals surface area contributed by atoms with Crippen LogP contribution in [-0.4, -0.2) is 25.7 Å². The van der Waals surface area contributed by atoms with Gasteiger partial charge < -0.3 is 10.1 Å². The molecule has 98 valence electrons. The molecule has 1 heterocycles. The van der Waals surface area contributed by atoms with Gasteiger partial charge in [0.15, 0.2) is 0 Å². The molecule has 0 bridgehead atoms. The van der Waals surface area contributed by atoms with E-state index in [4.69, 9.17) is 4.74 Å². The van der Waals surface area contributed by atoms with E-state index < -0.39 is 5.82 Å². The Labute approximate surface area is 114 Å². The highest BCUT2D eigenvalue weighted by atomic mass is 79.9. The van der Waals surface area contributed by atoms with Gasteiger partial charge in [-0.05, 0) is 52.9 Å². The number of ether oxygens (including phenoxy) is 1. The highest BCUT2D eigenvalue weighted by Crippen LogP contribution is 2.17. The average molecular weight is 316 g/mol. The normalized spacial score (nSPS) is 16.6. The predicted molar refractivity (Wildman–Crippen MR) is 70.0 cm³/mol. The van der Waals surface area contributed by atoms with Crippen LogP contribution in [0.2, 0.25) is 0 Å². The SMILES string of the molecule is O=C(NCC1CCOCC1)c1ccc(Br)c(F)c1. The van der Waals surface area contributed by atoms with E-state index in [9.17, 15) is 9.18 Å². The molecular weight excluding hydrogens is 301 g/mol. The van der Waals surface area contributed by atoms with Gasteiger partial charge in [-0.25, -0.2) is 4.39 Å². The van der Waals surface area contributed by atoms with Crippen molar-refractivity contribution in [1.29, 1.82) is 0 Å². The zero-order chi connectivity index (χ0) is 13.0. The van der Waals surface area contributed by atoms with Crippen LogP contribution in [0, 0.1) is 11.7 Å². The second kappa shape index (κ2) is 6.29. The first kappa shape index (κ1) is 13.5. The molecule has 1 amide bonds. The lowest BCUT2D eigenvalue weighted by molar-refractivity contribution is 0.0642. The Hall–Kier alpha value is -0.940. The van der Waals surface area contributed by atoms with E-state index in [1.165, 1.54) is 6.07 Å². The molecule has 0 aromatic heterocycles. The van der Waals surface area contributed by atoms with E-state index in [1.54, 1.807) is 12.1 Å². The molecule has 5 heteroatoms. The molecule has 0 unspecified atom stereocenters. The molecule has 3 nitrogen and oxygen atoms in total. The van der Waals surface area contributed by atoms with E-state index in [0.717, 1.165) is 26.1 Å². The van der Waals surface area contributed by atoms with Gasteiger partial charge in [-0.15, -0.1) is 0 Å². The van der Waals surface area contributed by atoms with Crippen molar-refractivity contribution in [3.8, 4) is 0 Å². The minimum absolute atomic E-state index is 0.229. The summed E-state index contributed by atoms with van der Waals surface area (Å²) in [6.07, 6.45) is 1.93. The quantitative estimate of drug-likeness (QED) is 0.931. The third kappa shape index (κ3) is 3.53. The van der Waals surface area contributed by atoms with Gasteiger partial charge in [-0.2, -0.15) is 0 Å². The van der Waals surface area contributed by atoms with E-state index in [-0.39, 0.29) is 5.91 Å². The Morgan fingerprint density at radius 3 is 2.83 bits per heavy atom. The highest BCUT2D eigenvalue weighted by Gasteiger charge is 2.15. The fourth-order valence-electron chi connectivity index (χ4n) is 1.93. The summed E-state index contributed by atoms with van der Waals surface area (Å²) in [5.41, 5.74) is 0.350. The van der Waals surface area contributed by atoms with Crippen LogP contribution in [0.4, 0.5) is 4.39 Å². The van der Waals surface area contributed by atoms with Crippen molar-refractivity contribution in [2.75, 3.05) is 19.8 Å². The van der Waals surface area contributed by atoms with Crippen molar-refractivity contribution < 1.29 is 13.9 Å². The number of hydrogen-bond acceptors (Lipinski definition) is 2. The summed E-state index contributed by atoms with van der Waals surface area (Å²) in [5, 5.41) is 2.84. The number of nitrogens with one attached hydrogen (secondary N) is 1. The molecule has 2 rings (SSSR count). The summed E-state index contributed by atoms with van der Waals surface area (Å²) in [4.78, 5) is 11.8. The van der Waals surface area contributed by atoms with Gasteiger partial charge in [0.1, 0.15) is 5.82 Å². The Kier molecular flexibility index (Phi) is 4.72. The molecule has 1 aromatic rings. The van der Waals surface area contributed by atoms with Gasteiger partial charge in [0.2, 0.25) is 0 Å². The maximum absolute atomic E-state index is 13.3. The minimum Gasteiger partial charge on any atom is -0.381 e. The van der Waals surface area contributed by atoms with Crippen LogP contribution in [0.15, 0.2) is 22.7 Å². The van der Waals surface area contributed by atoms with Gasteiger partial charge in [0, 0.05) is 25.3 Å². The zero-order valence-electron chi connectivity index (χ0n) is 9.92. The molecule has 0 radical (unpaired) electrons. The molecule has 0 atom stereocenters. The second-order valence-corrected chi connectivity index (χ2v) is 5.25. The van der Waals surface area contributed by atoms with E-state index >= 15 is 0 Å². The van der Waals surface area contributed by atoms with Crippen LogP contribution in [0.3, 0.4) is 0 Å². The van der Waals surface area contributed by atoms with Gasteiger partial charge in [-0.1, -0.05) is 0 Å². The molecular formula is C13H15BrFNO2. The van der Waals surface area contributed by atoms with Crippen molar-refractivity contribution in [2.45, 2.75) is 12.8 Å². The smallest absolute Gasteiger partial charge is 0.251 e. The molecule has 0 spiro atoms. The van der Waals surface area contributed by atoms with E-state index in [1.807, 2.05) is 0 Å². The predicted octanol–water partition coefficient (Wildman–Crippen LogP) is 2.74. The lowest BCUT2D eigenvalue weighted by Gasteiger charge is -2.22. The molecule has 1 fully saturated rings. The summed E-state index contributed by atoms with van der Waals surface area (Å²) >= 11 is 3.06. The van der Waals surface area contributed by atoms with Crippen LogP contribution in [0.5, 0.6) is 0 Å². The number of benzene rings is 1. The van der Waals surface area contributed by atoms with Gasteiger partial charge >= 0.3 is 0 Å². The molecule has 0 saturated carbocycles. The molecule has 1 aromatic carbocycles. The standard InChI is InChI=1S/C13H15BrFNO2/c14-11-2-1-10(7-12(11)15)13(17)16-8-9-3-5-18-6-4-9/h1-2,7,9H,3-6,8H2,(H,16,17). The Balaban J connectivity index is 1.88. The molecule has 1 aliphatic heterocycles. The Bertz CT molecular complexity index is 433. The third-order valence-electron chi connectivity index (χ3n) is 3.07.